The number of pyridine rings is 1. The molecular formula is C22H22N4O. The standard InChI is InChI=1S/C22H22N4O/c27-21-12-16(15-26(21)20-7-8-20)14-25-11-10-24-22(25)18-5-3-17(4-6-18)19-2-1-9-23-13-19/h1-6,9-11,13,16,20H,7-8,12,14-15H2. The fourth-order valence-electron chi connectivity index (χ4n) is 4.01. The van der Waals surface area contributed by atoms with Gasteiger partial charge in [0.15, 0.2) is 0 Å². The molecule has 1 unspecified atom stereocenters. The van der Waals surface area contributed by atoms with Crippen LogP contribution in [-0.4, -0.2) is 37.9 Å². The van der Waals surface area contributed by atoms with Crippen molar-refractivity contribution in [3.05, 3.63) is 61.2 Å². The number of hydrogen-bond donors (Lipinski definition) is 0. The minimum Gasteiger partial charge on any atom is -0.339 e. The van der Waals surface area contributed by atoms with Crippen molar-refractivity contribution in [1.82, 2.24) is 19.4 Å². The van der Waals surface area contributed by atoms with Gasteiger partial charge in [-0.05, 0) is 30.0 Å². The molecule has 0 N–H and O–H groups in total. The molecule has 3 aromatic rings. The van der Waals surface area contributed by atoms with Gasteiger partial charge in [-0.2, -0.15) is 0 Å². The molecule has 2 aliphatic rings. The van der Waals surface area contributed by atoms with Crippen molar-refractivity contribution in [2.24, 2.45) is 5.92 Å². The molecule has 1 atom stereocenters. The van der Waals surface area contributed by atoms with Crippen LogP contribution in [0.4, 0.5) is 0 Å². The lowest BCUT2D eigenvalue weighted by Crippen LogP contribution is -2.27. The molecule has 1 aromatic carbocycles. The quantitative estimate of drug-likeness (QED) is 0.700. The van der Waals surface area contributed by atoms with E-state index in [0.29, 0.717) is 24.3 Å². The summed E-state index contributed by atoms with van der Waals surface area (Å²) in [4.78, 5) is 23.1. The molecule has 1 saturated carbocycles. The minimum atomic E-state index is 0.324. The maximum atomic E-state index is 12.2. The van der Waals surface area contributed by atoms with Crippen molar-refractivity contribution < 1.29 is 4.79 Å². The topological polar surface area (TPSA) is 51.0 Å². The number of aromatic nitrogens is 3. The molecule has 1 amide bonds. The predicted molar refractivity (Wildman–Crippen MR) is 104 cm³/mol. The molecule has 1 aliphatic heterocycles. The lowest BCUT2D eigenvalue weighted by molar-refractivity contribution is -0.128. The van der Waals surface area contributed by atoms with Crippen LogP contribution in [0.2, 0.25) is 0 Å². The Bertz CT molecular complexity index is 944. The lowest BCUT2D eigenvalue weighted by Gasteiger charge is -2.16. The number of carbonyl (C=O) groups excluding carboxylic acids is 1. The molecule has 5 heteroatoms. The second-order valence-corrected chi connectivity index (χ2v) is 7.57. The summed E-state index contributed by atoms with van der Waals surface area (Å²) in [6.45, 7) is 1.73. The molecule has 1 saturated heterocycles. The van der Waals surface area contributed by atoms with E-state index in [1.54, 1.807) is 6.20 Å². The van der Waals surface area contributed by atoms with Gasteiger partial charge in [-0.1, -0.05) is 30.3 Å². The first-order valence-corrected chi connectivity index (χ1v) is 9.59. The van der Waals surface area contributed by atoms with E-state index in [0.717, 1.165) is 35.6 Å². The number of rotatable bonds is 5. The molecule has 2 aromatic heterocycles. The average Bonchev–Trinajstić information content (AvgIpc) is 3.34. The van der Waals surface area contributed by atoms with Gasteiger partial charge in [0.2, 0.25) is 5.91 Å². The Hall–Kier alpha value is -2.95. The van der Waals surface area contributed by atoms with E-state index in [4.69, 9.17) is 0 Å². The molecular weight excluding hydrogens is 336 g/mol. The summed E-state index contributed by atoms with van der Waals surface area (Å²) >= 11 is 0. The summed E-state index contributed by atoms with van der Waals surface area (Å²) in [7, 11) is 0. The van der Waals surface area contributed by atoms with E-state index in [2.05, 4.69) is 49.8 Å². The lowest BCUT2D eigenvalue weighted by atomic mass is 10.1. The summed E-state index contributed by atoms with van der Waals surface area (Å²) in [5, 5.41) is 0. The summed E-state index contributed by atoms with van der Waals surface area (Å²) in [6, 6.07) is 13.0. The highest BCUT2D eigenvalue weighted by Gasteiger charge is 2.39. The summed E-state index contributed by atoms with van der Waals surface area (Å²) in [6.07, 6.45) is 10.5. The van der Waals surface area contributed by atoms with Gasteiger partial charge in [-0.15, -0.1) is 0 Å². The molecule has 5 rings (SSSR count). The van der Waals surface area contributed by atoms with E-state index in [9.17, 15) is 4.79 Å². The summed E-state index contributed by atoms with van der Waals surface area (Å²) in [5.74, 6) is 1.66. The van der Waals surface area contributed by atoms with Crippen LogP contribution in [0.25, 0.3) is 22.5 Å². The predicted octanol–water partition coefficient (Wildman–Crippen LogP) is 3.62. The normalized spacial score (nSPS) is 19.6. The van der Waals surface area contributed by atoms with Crippen molar-refractivity contribution >= 4 is 5.91 Å². The second-order valence-electron chi connectivity index (χ2n) is 7.57. The fraction of sp³-hybridized carbons (Fsp3) is 0.318. The molecule has 5 nitrogen and oxygen atoms in total. The van der Waals surface area contributed by atoms with Crippen LogP contribution >= 0.6 is 0 Å². The zero-order chi connectivity index (χ0) is 18.2. The molecule has 0 radical (unpaired) electrons. The third kappa shape index (κ3) is 3.25. The Morgan fingerprint density at radius 1 is 1.00 bits per heavy atom. The van der Waals surface area contributed by atoms with Crippen LogP contribution in [0.15, 0.2) is 61.2 Å². The molecule has 2 fully saturated rings. The largest absolute Gasteiger partial charge is 0.339 e. The van der Waals surface area contributed by atoms with Gasteiger partial charge in [0, 0.05) is 61.8 Å². The van der Waals surface area contributed by atoms with Gasteiger partial charge in [-0.3, -0.25) is 9.78 Å². The van der Waals surface area contributed by atoms with Gasteiger partial charge >= 0.3 is 0 Å². The van der Waals surface area contributed by atoms with Crippen molar-refractivity contribution in [2.75, 3.05) is 6.54 Å². The second kappa shape index (κ2) is 6.65. The Morgan fingerprint density at radius 3 is 2.56 bits per heavy atom. The Kier molecular flexibility index (Phi) is 4.00. The van der Waals surface area contributed by atoms with Crippen molar-refractivity contribution in [1.29, 1.82) is 0 Å². The van der Waals surface area contributed by atoms with E-state index >= 15 is 0 Å². The number of nitrogens with zero attached hydrogens (tertiary/aromatic N) is 4. The zero-order valence-corrected chi connectivity index (χ0v) is 15.2. The smallest absolute Gasteiger partial charge is 0.223 e. The van der Waals surface area contributed by atoms with Crippen molar-refractivity contribution in [3.8, 4) is 22.5 Å². The van der Waals surface area contributed by atoms with Crippen LogP contribution in [0.5, 0.6) is 0 Å². The van der Waals surface area contributed by atoms with E-state index in [-0.39, 0.29) is 0 Å². The van der Waals surface area contributed by atoms with Crippen LogP contribution in [0.1, 0.15) is 19.3 Å². The monoisotopic (exact) mass is 358 g/mol. The number of likely N-dealkylation sites (tertiary alicyclic amines) is 1. The number of hydrogen-bond acceptors (Lipinski definition) is 3. The Morgan fingerprint density at radius 2 is 1.81 bits per heavy atom. The minimum absolute atomic E-state index is 0.324. The van der Waals surface area contributed by atoms with E-state index < -0.39 is 0 Å². The highest BCUT2D eigenvalue weighted by Crippen LogP contribution is 2.33. The van der Waals surface area contributed by atoms with Gasteiger partial charge in [0.05, 0.1) is 0 Å². The maximum absolute atomic E-state index is 12.2. The van der Waals surface area contributed by atoms with Gasteiger partial charge < -0.3 is 9.47 Å². The number of imidazole rings is 1. The van der Waals surface area contributed by atoms with Crippen LogP contribution < -0.4 is 0 Å². The van der Waals surface area contributed by atoms with Crippen molar-refractivity contribution in [3.63, 3.8) is 0 Å². The highest BCUT2D eigenvalue weighted by molar-refractivity contribution is 5.79. The van der Waals surface area contributed by atoms with Crippen LogP contribution in [0.3, 0.4) is 0 Å². The first-order valence-electron chi connectivity index (χ1n) is 9.59. The fourth-order valence-corrected chi connectivity index (χ4v) is 4.01. The maximum Gasteiger partial charge on any atom is 0.223 e. The Balaban J connectivity index is 1.33. The summed E-state index contributed by atoms with van der Waals surface area (Å²) in [5.41, 5.74) is 3.35. The third-order valence-electron chi connectivity index (χ3n) is 5.53. The number of carbonyl (C=O) groups is 1. The average molecular weight is 358 g/mol. The highest BCUT2D eigenvalue weighted by atomic mass is 16.2. The van der Waals surface area contributed by atoms with E-state index in [1.165, 1.54) is 12.8 Å². The Labute approximate surface area is 158 Å². The van der Waals surface area contributed by atoms with Gasteiger partial charge in [0.25, 0.3) is 0 Å². The molecule has 0 spiro atoms. The van der Waals surface area contributed by atoms with Crippen LogP contribution in [0, 0.1) is 5.92 Å². The third-order valence-corrected chi connectivity index (χ3v) is 5.53. The molecule has 27 heavy (non-hydrogen) atoms. The van der Waals surface area contributed by atoms with Crippen molar-refractivity contribution in [2.45, 2.75) is 31.8 Å². The SMILES string of the molecule is O=C1CC(Cn2ccnc2-c2ccc(-c3cccnc3)cc2)CN1C1CC1. The zero-order valence-electron chi connectivity index (χ0n) is 15.2. The molecule has 136 valence electrons. The molecule has 1 aliphatic carbocycles. The van der Waals surface area contributed by atoms with Gasteiger partial charge in [0.1, 0.15) is 5.82 Å². The molecule has 0 bridgehead atoms. The first kappa shape index (κ1) is 16.2. The number of benzene rings is 1. The first-order chi connectivity index (χ1) is 13.3. The molecule has 3 heterocycles. The van der Waals surface area contributed by atoms with E-state index in [1.807, 2.05) is 24.7 Å². The van der Waals surface area contributed by atoms with Crippen LogP contribution in [-0.2, 0) is 11.3 Å². The summed E-state index contributed by atoms with van der Waals surface area (Å²) < 4.78 is 2.19. The van der Waals surface area contributed by atoms with Gasteiger partial charge in [-0.25, -0.2) is 4.98 Å². The number of amides is 1.